The molecule has 0 radical (unpaired) electrons. The third-order valence-electron chi connectivity index (χ3n) is 5.24. The van der Waals surface area contributed by atoms with Gasteiger partial charge in [-0.05, 0) is 37.8 Å². The van der Waals surface area contributed by atoms with Crippen LogP contribution in [0.2, 0.25) is 0 Å². The number of urea groups is 1. The highest BCUT2D eigenvalue weighted by Gasteiger charge is 2.48. The second kappa shape index (κ2) is 10.0. The van der Waals surface area contributed by atoms with Crippen LogP contribution in [-0.2, 0) is 4.79 Å². The fraction of sp³-hybridized carbons (Fsp3) is 0.556. The Bertz CT molecular complexity index is 772. The molecule has 2 saturated heterocycles. The molecular formula is C18H26FIN6O3. The highest BCUT2D eigenvalue weighted by atomic mass is 127. The topological polar surface area (TPSA) is 108 Å². The number of ether oxygens (including phenoxy) is 1. The fourth-order valence-electron chi connectivity index (χ4n) is 3.63. The van der Waals surface area contributed by atoms with Crippen LogP contribution in [0, 0.1) is 11.7 Å². The van der Waals surface area contributed by atoms with Gasteiger partial charge in [-0.25, -0.2) is 14.2 Å². The predicted molar refractivity (Wildman–Crippen MR) is 116 cm³/mol. The van der Waals surface area contributed by atoms with Crippen LogP contribution in [-0.4, -0.2) is 66.6 Å². The van der Waals surface area contributed by atoms with Crippen molar-refractivity contribution in [1.82, 2.24) is 25.8 Å². The van der Waals surface area contributed by atoms with E-state index in [9.17, 15) is 14.0 Å². The maximum atomic E-state index is 13.5. The molecular weight excluding hydrogens is 494 g/mol. The Morgan fingerprint density at radius 3 is 2.76 bits per heavy atom. The van der Waals surface area contributed by atoms with E-state index in [1.165, 1.54) is 18.3 Å². The third-order valence-corrected chi connectivity index (χ3v) is 5.24. The van der Waals surface area contributed by atoms with E-state index >= 15 is 0 Å². The van der Waals surface area contributed by atoms with Gasteiger partial charge in [0.25, 0.3) is 5.91 Å². The molecule has 0 bridgehead atoms. The number of aromatic nitrogens is 1. The SMILES string of the molecule is CN=C(NCCOc1ncccc1F)N1CCC(C2(C)NC(=O)NC2=O)CC1.I. The van der Waals surface area contributed by atoms with Crippen molar-refractivity contribution in [3.8, 4) is 5.88 Å². The van der Waals surface area contributed by atoms with Crippen LogP contribution in [0.15, 0.2) is 23.3 Å². The van der Waals surface area contributed by atoms with E-state index in [1.807, 2.05) is 0 Å². The number of aliphatic imine (C=N–C) groups is 1. The molecule has 0 saturated carbocycles. The lowest BCUT2D eigenvalue weighted by atomic mass is 9.79. The molecule has 3 N–H and O–H groups in total. The van der Waals surface area contributed by atoms with E-state index in [-0.39, 0.29) is 48.3 Å². The first-order valence-corrected chi connectivity index (χ1v) is 9.26. The molecule has 0 spiro atoms. The Hall–Kier alpha value is -2.18. The van der Waals surface area contributed by atoms with Gasteiger partial charge in [0.15, 0.2) is 11.8 Å². The smallest absolute Gasteiger partial charge is 0.322 e. The number of halogens is 2. The molecule has 0 aromatic carbocycles. The molecule has 1 unspecified atom stereocenters. The van der Waals surface area contributed by atoms with E-state index in [1.54, 1.807) is 14.0 Å². The second-order valence-corrected chi connectivity index (χ2v) is 6.98. The standard InChI is InChI=1S/C18H25FN6O3.HI/c1-18(15(26)23-17(27)24-18)12-5-9-25(10-6-12)16(20-2)22-8-11-28-14-13(19)4-3-7-21-14;/h3-4,7,12H,5-6,8-11H2,1-2H3,(H,20,22)(H2,23,24,26,27);1H. The lowest BCUT2D eigenvalue weighted by Gasteiger charge is -2.39. The molecule has 3 amide bonds. The maximum absolute atomic E-state index is 13.5. The summed E-state index contributed by atoms with van der Waals surface area (Å²) in [5, 5.41) is 8.26. The van der Waals surface area contributed by atoms with Gasteiger partial charge in [-0.3, -0.25) is 15.1 Å². The third kappa shape index (κ3) is 5.25. The average Bonchev–Trinajstić information content (AvgIpc) is 2.96. The number of nitrogens with zero attached hydrogens (tertiary/aromatic N) is 3. The van der Waals surface area contributed by atoms with Gasteiger partial charge in [-0.15, -0.1) is 24.0 Å². The lowest BCUT2D eigenvalue weighted by Crippen LogP contribution is -2.55. The van der Waals surface area contributed by atoms with Crippen LogP contribution < -0.4 is 20.7 Å². The van der Waals surface area contributed by atoms with Crippen molar-refractivity contribution < 1.29 is 18.7 Å². The van der Waals surface area contributed by atoms with Gasteiger partial charge < -0.3 is 20.3 Å². The molecule has 2 aliphatic rings. The van der Waals surface area contributed by atoms with Crippen molar-refractivity contribution in [3.05, 3.63) is 24.1 Å². The van der Waals surface area contributed by atoms with Crippen LogP contribution in [0.5, 0.6) is 5.88 Å². The molecule has 3 heterocycles. The van der Waals surface area contributed by atoms with Crippen molar-refractivity contribution in [2.75, 3.05) is 33.3 Å². The zero-order valence-electron chi connectivity index (χ0n) is 16.4. The molecule has 2 fully saturated rings. The van der Waals surface area contributed by atoms with Gasteiger partial charge in [0.1, 0.15) is 12.1 Å². The van der Waals surface area contributed by atoms with Crippen molar-refractivity contribution in [2.24, 2.45) is 10.9 Å². The minimum Gasteiger partial charge on any atom is -0.474 e. The normalized spacial score (nSPS) is 22.6. The summed E-state index contributed by atoms with van der Waals surface area (Å²) in [7, 11) is 1.69. The summed E-state index contributed by atoms with van der Waals surface area (Å²) in [6.45, 7) is 3.87. The van der Waals surface area contributed by atoms with E-state index in [2.05, 4.69) is 30.8 Å². The van der Waals surface area contributed by atoms with E-state index < -0.39 is 17.4 Å². The van der Waals surface area contributed by atoms with Crippen LogP contribution in [0.1, 0.15) is 19.8 Å². The molecule has 0 aliphatic carbocycles. The molecule has 3 rings (SSSR count). The summed E-state index contributed by atoms with van der Waals surface area (Å²) in [6, 6.07) is 2.37. The summed E-state index contributed by atoms with van der Waals surface area (Å²) >= 11 is 0. The monoisotopic (exact) mass is 520 g/mol. The molecule has 1 atom stereocenters. The number of carbonyl (C=O) groups excluding carboxylic acids is 2. The number of hydrogen-bond acceptors (Lipinski definition) is 5. The van der Waals surface area contributed by atoms with Crippen molar-refractivity contribution in [1.29, 1.82) is 0 Å². The Labute approximate surface area is 185 Å². The number of pyridine rings is 1. The quantitative estimate of drug-likeness (QED) is 0.177. The minimum atomic E-state index is -0.860. The second-order valence-electron chi connectivity index (χ2n) is 6.98. The van der Waals surface area contributed by atoms with Crippen molar-refractivity contribution in [2.45, 2.75) is 25.3 Å². The summed E-state index contributed by atoms with van der Waals surface area (Å²) in [5.41, 5.74) is -0.860. The molecule has 160 valence electrons. The number of imide groups is 1. The van der Waals surface area contributed by atoms with Gasteiger partial charge in [0.2, 0.25) is 5.88 Å². The van der Waals surface area contributed by atoms with Crippen LogP contribution in [0.25, 0.3) is 0 Å². The minimum absolute atomic E-state index is 0. The number of carbonyl (C=O) groups is 2. The van der Waals surface area contributed by atoms with Crippen LogP contribution in [0.3, 0.4) is 0 Å². The predicted octanol–water partition coefficient (Wildman–Crippen LogP) is 1.10. The maximum Gasteiger partial charge on any atom is 0.322 e. The largest absolute Gasteiger partial charge is 0.474 e. The van der Waals surface area contributed by atoms with Gasteiger partial charge in [0, 0.05) is 26.3 Å². The first-order valence-electron chi connectivity index (χ1n) is 9.26. The number of hydrogen-bond donors (Lipinski definition) is 3. The molecule has 2 aliphatic heterocycles. The Morgan fingerprint density at radius 2 is 2.17 bits per heavy atom. The summed E-state index contributed by atoms with van der Waals surface area (Å²) < 4.78 is 18.8. The number of rotatable bonds is 5. The van der Waals surface area contributed by atoms with E-state index in [0.29, 0.717) is 25.6 Å². The number of likely N-dealkylation sites (tertiary alicyclic amines) is 1. The molecule has 1 aromatic rings. The zero-order chi connectivity index (χ0) is 20.1. The lowest BCUT2D eigenvalue weighted by molar-refractivity contribution is -0.125. The van der Waals surface area contributed by atoms with E-state index in [4.69, 9.17) is 4.74 Å². The van der Waals surface area contributed by atoms with Gasteiger partial charge in [0.05, 0.1) is 6.54 Å². The Kier molecular flexibility index (Phi) is 7.99. The number of nitrogens with one attached hydrogen (secondary N) is 3. The Balaban J connectivity index is 0.00000300. The summed E-state index contributed by atoms with van der Waals surface area (Å²) in [6.07, 6.45) is 2.98. The summed E-state index contributed by atoms with van der Waals surface area (Å²) in [4.78, 5) is 33.8. The first kappa shape index (κ1) is 23.1. The van der Waals surface area contributed by atoms with Crippen molar-refractivity contribution in [3.63, 3.8) is 0 Å². The molecule has 9 nitrogen and oxygen atoms in total. The molecule has 1 aromatic heterocycles. The molecule has 11 heteroatoms. The van der Waals surface area contributed by atoms with Gasteiger partial charge >= 0.3 is 6.03 Å². The van der Waals surface area contributed by atoms with Gasteiger partial charge in [-0.2, -0.15) is 0 Å². The van der Waals surface area contributed by atoms with Gasteiger partial charge in [-0.1, -0.05) is 0 Å². The number of guanidine groups is 1. The molecule has 29 heavy (non-hydrogen) atoms. The van der Waals surface area contributed by atoms with Crippen LogP contribution >= 0.6 is 24.0 Å². The highest BCUT2D eigenvalue weighted by molar-refractivity contribution is 14.0. The zero-order valence-corrected chi connectivity index (χ0v) is 18.7. The van der Waals surface area contributed by atoms with E-state index in [0.717, 1.165) is 12.8 Å². The Morgan fingerprint density at radius 1 is 1.45 bits per heavy atom. The first-order chi connectivity index (χ1) is 13.4. The van der Waals surface area contributed by atoms with Crippen molar-refractivity contribution >= 4 is 41.9 Å². The highest BCUT2D eigenvalue weighted by Crippen LogP contribution is 2.30. The van der Waals surface area contributed by atoms with Crippen LogP contribution in [0.4, 0.5) is 9.18 Å². The average molecular weight is 520 g/mol. The number of amides is 3. The summed E-state index contributed by atoms with van der Waals surface area (Å²) in [5.74, 6) is -0.00884. The fourth-order valence-corrected chi connectivity index (χ4v) is 3.63. The number of piperidine rings is 1.